The van der Waals surface area contributed by atoms with E-state index >= 15 is 0 Å². The first-order valence-electron chi connectivity index (χ1n) is 3.07. The van der Waals surface area contributed by atoms with Crippen molar-refractivity contribution >= 4 is 11.6 Å². The molecule has 0 bridgehead atoms. The van der Waals surface area contributed by atoms with Crippen LogP contribution >= 0.6 is 0 Å². The SMILES string of the molecule is [CH2]C(=O)Nc1ccccc1F. The molecule has 57 valence electrons. The number of anilines is 1. The summed E-state index contributed by atoms with van der Waals surface area (Å²) in [4.78, 5) is 10.4. The molecule has 0 fully saturated rings. The maximum absolute atomic E-state index is 12.7. The minimum absolute atomic E-state index is 0.160. The quantitative estimate of drug-likeness (QED) is 0.650. The molecule has 0 spiro atoms. The lowest BCUT2D eigenvalue weighted by Gasteiger charge is -2.00. The van der Waals surface area contributed by atoms with Crippen molar-refractivity contribution in [1.82, 2.24) is 0 Å². The molecule has 1 N–H and O–H groups in total. The second-order valence-electron chi connectivity index (χ2n) is 2.03. The summed E-state index contributed by atoms with van der Waals surface area (Å²) in [7, 11) is 0. The molecular formula is C8H7FNO. The Balaban J connectivity index is 2.86. The van der Waals surface area contributed by atoms with Gasteiger partial charge < -0.3 is 5.32 Å². The van der Waals surface area contributed by atoms with Crippen molar-refractivity contribution in [2.75, 3.05) is 5.32 Å². The molecule has 0 atom stereocenters. The fourth-order valence-electron chi connectivity index (χ4n) is 0.713. The van der Waals surface area contributed by atoms with Gasteiger partial charge in [0.2, 0.25) is 5.91 Å². The summed E-state index contributed by atoms with van der Waals surface area (Å²) in [6, 6.07) is 5.92. The lowest BCUT2D eigenvalue weighted by Crippen LogP contribution is -2.07. The van der Waals surface area contributed by atoms with E-state index in [4.69, 9.17) is 0 Å². The second-order valence-corrected chi connectivity index (χ2v) is 2.03. The van der Waals surface area contributed by atoms with Crippen molar-refractivity contribution in [2.24, 2.45) is 0 Å². The van der Waals surface area contributed by atoms with Gasteiger partial charge >= 0.3 is 0 Å². The van der Waals surface area contributed by atoms with Crippen molar-refractivity contribution in [1.29, 1.82) is 0 Å². The summed E-state index contributed by atoms with van der Waals surface area (Å²) in [6.07, 6.45) is 0. The van der Waals surface area contributed by atoms with E-state index in [1.165, 1.54) is 12.1 Å². The molecule has 0 aliphatic heterocycles. The van der Waals surface area contributed by atoms with Crippen LogP contribution in [0.1, 0.15) is 0 Å². The third-order valence-electron chi connectivity index (χ3n) is 1.15. The first kappa shape index (κ1) is 7.72. The van der Waals surface area contributed by atoms with E-state index in [0.717, 1.165) is 0 Å². The molecule has 1 aromatic carbocycles. The normalized spacial score (nSPS) is 9.27. The predicted molar refractivity (Wildman–Crippen MR) is 40.4 cm³/mol. The lowest BCUT2D eigenvalue weighted by molar-refractivity contribution is -0.112. The smallest absolute Gasteiger partial charge is 0.224 e. The van der Waals surface area contributed by atoms with E-state index in [2.05, 4.69) is 12.2 Å². The maximum Gasteiger partial charge on any atom is 0.224 e. The Bertz CT molecular complexity index is 273. The van der Waals surface area contributed by atoms with E-state index in [9.17, 15) is 9.18 Å². The van der Waals surface area contributed by atoms with Crippen LogP contribution in [0.25, 0.3) is 0 Å². The van der Waals surface area contributed by atoms with Gasteiger partial charge in [0, 0.05) is 6.92 Å². The van der Waals surface area contributed by atoms with E-state index in [0.29, 0.717) is 0 Å². The minimum Gasteiger partial charge on any atom is -0.324 e. The number of carbonyl (C=O) groups excluding carboxylic acids is 1. The Kier molecular flexibility index (Phi) is 2.21. The van der Waals surface area contributed by atoms with Crippen LogP contribution in [0.2, 0.25) is 0 Å². The summed E-state index contributed by atoms with van der Waals surface area (Å²) in [5.74, 6) is -0.973. The Labute approximate surface area is 64.0 Å². The Morgan fingerprint density at radius 3 is 2.64 bits per heavy atom. The van der Waals surface area contributed by atoms with E-state index in [-0.39, 0.29) is 5.69 Å². The zero-order chi connectivity index (χ0) is 8.27. The van der Waals surface area contributed by atoms with Gasteiger partial charge in [-0.3, -0.25) is 4.79 Å². The molecular weight excluding hydrogens is 145 g/mol. The molecule has 11 heavy (non-hydrogen) atoms. The van der Waals surface area contributed by atoms with Crippen molar-refractivity contribution in [3.63, 3.8) is 0 Å². The number of carbonyl (C=O) groups is 1. The molecule has 1 aromatic rings. The highest BCUT2D eigenvalue weighted by molar-refractivity contribution is 5.93. The molecule has 1 radical (unpaired) electrons. The van der Waals surface area contributed by atoms with Crippen molar-refractivity contribution < 1.29 is 9.18 Å². The van der Waals surface area contributed by atoms with Gasteiger partial charge in [0.1, 0.15) is 5.82 Å². The van der Waals surface area contributed by atoms with E-state index in [1.54, 1.807) is 12.1 Å². The average Bonchev–Trinajstić information content (AvgIpc) is 1.93. The molecule has 0 aliphatic carbocycles. The summed E-state index contributed by atoms with van der Waals surface area (Å²) in [6.45, 7) is 3.06. The number of hydrogen-bond donors (Lipinski definition) is 1. The summed E-state index contributed by atoms with van der Waals surface area (Å²) in [5, 5.41) is 2.25. The molecule has 1 amide bonds. The van der Waals surface area contributed by atoms with Gasteiger partial charge in [-0.2, -0.15) is 0 Å². The number of nitrogens with one attached hydrogen (secondary N) is 1. The van der Waals surface area contributed by atoms with E-state index in [1.807, 2.05) is 0 Å². The molecule has 0 saturated heterocycles. The zero-order valence-corrected chi connectivity index (χ0v) is 5.80. The van der Waals surface area contributed by atoms with Crippen LogP contribution in [0.4, 0.5) is 10.1 Å². The van der Waals surface area contributed by atoms with Crippen LogP contribution in [0.3, 0.4) is 0 Å². The Hall–Kier alpha value is -1.38. The summed E-state index contributed by atoms with van der Waals surface area (Å²) in [5.41, 5.74) is 0.160. The Morgan fingerprint density at radius 2 is 2.09 bits per heavy atom. The lowest BCUT2D eigenvalue weighted by atomic mass is 10.3. The number of rotatable bonds is 1. The van der Waals surface area contributed by atoms with Gasteiger partial charge in [0.25, 0.3) is 0 Å². The molecule has 2 nitrogen and oxygen atoms in total. The summed E-state index contributed by atoms with van der Waals surface area (Å²) < 4.78 is 12.7. The van der Waals surface area contributed by atoms with Crippen LogP contribution in [0.5, 0.6) is 0 Å². The zero-order valence-electron chi connectivity index (χ0n) is 5.80. The number of amides is 1. The van der Waals surface area contributed by atoms with E-state index < -0.39 is 11.7 Å². The average molecular weight is 152 g/mol. The largest absolute Gasteiger partial charge is 0.324 e. The standard InChI is InChI=1S/C8H7FNO/c1-6(11)10-8-5-3-2-4-7(8)9/h2-5H,1H2,(H,10,11). The van der Waals surface area contributed by atoms with Crippen LogP contribution in [0.15, 0.2) is 24.3 Å². The number of benzene rings is 1. The highest BCUT2D eigenvalue weighted by atomic mass is 19.1. The van der Waals surface area contributed by atoms with Gasteiger partial charge in [0.15, 0.2) is 0 Å². The van der Waals surface area contributed by atoms with Gasteiger partial charge in [-0.15, -0.1) is 0 Å². The molecule has 0 aliphatic rings. The Morgan fingerprint density at radius 1 is 1.45 bits per heavy atom. The molecule has 0 aromatic heterocycles. The molecule has 0 unspecified atom stereocenters. The number of hydrogen-bond acceptors (Lipinski definition) is 1. The monoisotopic (exact) mass is 152 g/mol. The van der Waals surface area contributed by atoms with Crippen molar-refractivity contribution in [3.8, 4) is 0 Å². The third-order valence-corrected chi connectivity index (χ3v) is 1.15. The maximum atomic E-state index is 12.7. The predicted octanol–water partition coefficient (Wildman–Crippen LogP) is 1.60. The van der Waals surface area contributed by atoms with Gasteiger partial charge in [-0.1, -0.05) is 12.1 Å². The van der Waals surface area contributed by atoms with Crippen LogP contribution in [0, 0.1) is 12.7 Å². The van der Waals surface area contributed by atoms with Gasteiger partial charge in [0.05, 0.1) is 5.69 Å². The topological polar surface area (TPSA) is 29.1 Å². The van der Waals surface area contributed by atoms with Crippen LogP contribution in [-0.4, -0.2) is 5.91 Å². The third kappa shape index (κ3) is 2.04. The number of halogens is 1. The van der Waals surface area contributed by atoms with Crippen molar-refractivity contribution in [3.05, 3.63) is 37.0 Å². The minimum atomic E-state index is -0.518. The van der Waals surface area contributed by atoms with Gasteiger partial charge in [-0.25, -0.2) is 4.39 Å². The fourth-order valence-corrected chi connectivity index (χ4v) is 0.713. The van der Waals surface area contributed by atoms with Crippen molar-refractivity contribution in [2.45, 2.75) is 0 Å². The fraction of sp³-hybridized carbons (Fsp3) is 0. The summed E-state index contributed by atoms with van der Waals surface area (Å²) >= 11 is 0. The first-order valence-corrected chi connectivity index (χ1v) is 3.07. The molecule has 1 rings (SSSR count). The highest BCUT2D eigenvalue weighted by Crippen LogP contribution is 2.11. The highest BCUT2D eigenvalue weighted by Gasteiger charge is 1.99. The molecule has 0 saturated carbocycles. The first-order chi connectivity index (χ1) is 5.20. The number of para-hydroxylation sites is 1. The van der Waals surface area contributed by atoms with Crippen LogP contribution < -0.4 is 5.32 Å². The van der Waals surface area contributed by atoms with Crippen LogP contribution in [-0.2, 0) is 4.79 Å². The van der Waals surface area contributed by atoms with Gasteiger partial charge in [-0.05, 0) is 12.1 Å². The second kappa shape index (κ2) is 3.14. The molecule has 0 heterocycles. The molecule has 3 heteroatoms.